The Bertz CT molecular complexity index is 1030. The molecule has 2 aromatic heterocycles. The number of pyridine rings is 1. The summed E-state index contributed by atoms with van der Waals surface area (Å²) in [6.45, 7) is 9.62. The van der Waals surface area contributed by atoms with Crippen LogP contribution in [0.5, 0.6) is 0 Å². The van der Waals surface area contributed by atoms with Crippen LogP contribution in [-0.4, -0.2) is 113 Å². The second-order valence-electron chi connectivity index (χ2n) is 9.60. The number of hydrogen-bond acceptors (Lipinski definition) is 7. The Balaban J connectivity index is 1.12. The Morgan fingerprint density at radius 2 is 1.71 bits per heavy atom. The summed E-state index contributed by atoms with van der Waals surface area (Å²) in [6, 6.07) is 2.02. The molecule has 0 radical (unpaired) electrons. The summed E-state index contributed by atoms with van der Waals surface area (Å²) in [5, 5.41) is 5.69. The molecular formula is C24H35N7O3. The molecule has 0 aliphatic carbocycles. The first-order chi connectivity index (χ1) is 16.5. The molecule has 0 N–H and O–H groups in total. The van der Waals surface area contributed by atoms with Gasteiger partial charge in [-0.2, -0.15) is 5.10 Å². The number of anilines is 1. The summed E-state index contributed by atoms with van der Waals surface area (Å²) in [6.07, 6.45) is 3.53. The Labute approximate surface area is 200 Å². The number of carbonyl (C=O) groups is 2. The number of amides is 2. The van der Waals surface area contributed by atoms with Crippen LogP contribution in [0.3, 0.4) is 0 Å². The molecule has 0 unspecified atom stereocenters. The minimum absolute atomic E-state index is 0.0604. The molecule has 3 saturated heterocycles. The van der Waals surface area contributed by atoms with Crippen LogP contribution in [-0.2, 0) is 21.4 Å². The van der Waals surface area contributed by atoms with Crippen LogP contribution in [0.4, 0.5) is 5.82 Å². The van der Waals surface area contributed by atoms with Gasteiger partial charge in [0.25, 0.3) is 0 Å². The Morgan fingerprint density at radius 3 is 2.41 bits per heavy atom. The zero-order chi connectivity index (χ0) is 23.7. The summed E-state index contributed by atoms with van der Waals surface area (Å²) in [7, 11) is 1.96. The van der Waals surface area contributed by atoms with Gasteiger partial charge in [-0.3, -0.25) is 19.2 Å². The van der Waals surface area contributed by atoms with Gasteiger partial charge in [-0.15, -0.1) is 0 Å². The van der Waals surface area contributed by atoms with Crippen molar-refractivity contribution >= 4 is 28.5 Å². The summed E-state index contributed by atoms with van der Waals surface area (Å²) < 4.78 is 7.24. The normalized spacial score (nSPS) is 20.8. The molecule has 0 spiro atoms. The number of carbonyl (C=O) groups excluding carboxylic acids is 2. The second-order valence-corrected chi connectivity index (χ2v) is 9.60. The first-order valence-corrected chi connectivity index (χ1v) is 12.4. The van der Waals surface area contributed by atoms with Crippen LogP contribution in [0.25, 0.3) is 10.9 Å². The molecule has 5 heterocycles. The molecule has 10 nitrogen and oxygen atoms in total. The molecule has 5 rings (SSSR count). The molecular weight excluding hydrogens is 434 g/mol. The van der Waals surface area contributed by atoms with E-state index in [4.69, 9.17) is 4.74 Å². The Kier molecular flexibility index (Phi) is 6.69. The molecule has 3 aliphatic heterocycles. The van der Waals surface area contributed by atoms with E-state index in [9.17, 15) is 9.59 Å². The standard InChI is InChI=1S/C24H35N7O3/c1-18-20-3-6-25-23(22(20)27(2)26-18)30-7-4-19(5-8-30)24(33)31-11-9-28(10-12-31)17-21(32)29-13-15-34-16-14-29/h3,6,19H,4-5,7-17H2,1-2H3. The van der Waals surface area contributed by atoms with Crippen molar-refractivity contribution in [3.8, 4) is 0 Å². The van der Waals surface area contributed by atoms with E-state index >= 15 is 0 Å². The Hall–Kier alpha value is -2.72. The predicted octanol–water partition coefficient (Wildman–Crippen LogP) is 0.496. The van der Waals surface area contributed by atoms with Crippen molar-refractivity contribution < 1.29 is 14.3 Å². The van der Waals surface area contributed by atoms with Crippen molar-refractivity contribution in [2.24, 2.45) is 13.0 Å². The predicted molar refractivity (Wildman–Crippen MR) is 129 cm³/mol. The smallest absolute Gasteiger partial charge is 0.236 e. The largest absolute Gasteiger partial charge is 0.378 e. The van der Waals surface area contributed by atoms with E-state index in [1.54, 1.807) is 0 Å². The molecule has 0 bridgehead atoms. The van der Waals surface area contributed by atoms with Gasteiger partial charge in [0.1, 0.15) is 5.52 Å². The van der Waals surface area contributed by atoms with E-state index in [1.165, 1.54) is 0 Å². The van der Waals surface area contributed by atoms with Gasteiger partial charge in [0, 0.05) is 76.9 Å². The highest BCUT2D eigenvalue weighted by Gasteiger charge is 2.32. The van der Waals surface area contributed by atoms with Gasteiger partial charge in [-0.1, -0.05) is 0 Å². The van der Waals surface area contributed by atoms with Crippen molar-refractivity contribution in [1.82, 2.24) is 29.5 Å². The molecule has 10 heteroatoms. The number of fused-ring (bicyclic) bond motifs is 1. The number of aryl methyl sites for hydroxylation is 2. The van der Waals surface area contributed by atoms with Crippen LogP contribution in [0.2, 0.25) is 0 Å². The van der Waals surface area contributed by atoms with E-state index in [0.717, 1.165) is 61.4 Å². The van der Waals surface area contributed by atoms with Crippen molar-refractivity contribution in [3.05, 3.63) is 18.0 Å². The maximum Gasteiger partial charge on any atom is 0.236 e. The van der Waals surface area contributed by atoms with Crippen molar-refractivity contribution in [3.63, 3.8) is 0 Å². The van der Waals surface area contributed by atoms with Crippen molar-refractivity contribution in [2.45, 2.75) is 19.8 Å². The maximum atomic E-state index is 13.2. The van der Waals surface area contributed by atoms with Gasteiger partial charge in [-0.05, 0) is 25.8 Å². The number of piperidine rings is 1. The summed E-state index contributed by atoms with van der Waals surface area (Å²) in [5.74, 6) is 1.46. The van der Waals surface area contributed by atoms with Crippen LogP contribution in [0, 0.1) is 12.8 Å². The number of rotatable bonds is 4. The number of piperazine rings is 1. The van der Waals surface area contributed by atoms with Gasteiger partial charge < -0.3 is 19.4 Å². The maximum absolute atomic E-state index is 13.2. The fourth-order valence-electron chi connectivity index (χ4n) is 5.44. The van der Waals surface area contributed by atoms with Gasteiger partial charge in [0.05, 0.1) is 25.5 Å². The monoisotopic (exact) mass is 469 g/mol. The van der Waals surface area contributed by atoms with Crippen molar-refractivity contribution in [2.75, 3.05) is 77.0 Å². The topological polar surface area (TPSA) is 87.0 Å². The van der Waals surface area contributed by atoms with E-state index in [-0.39, 0.29) is 17.7 Å². The average Bonchev–Trinajstić information content (AvgIpc) is 3.18. The number of nitrogens with zero attached hydrogens (tertiary/aromatic N) is 7. The zero-order valence-electron chi connectivity index (χ0n) is 20.3. The Morgan fingerprint density at radius 1 is 1.00 bits per heavy atom. The molecule has 2 amide bonds. The third-order valence-corrected chi connectivity index (χ3v) is 7.47. The molecule has 184 valence electrons. The first kappa shape index (κ1) is 23.0. The number of hydrogen-bond donors (Lipinski definition) is 0. The summed E-state index contributed by atoms with van der Waals surface area (Å²) in [4.78, 5) is 38.7. The fourth-order valence-corrected chi connectivity index (χ4v) is 5.44. The molecule has 0 atom stereocenters. The number of ether oxygens (including phenoxy) is 1. The summed E-state index contributed by atoms with van der Waals surface area (Å²) >= 11 is 0. The molecule has 2 aromatic rings. The van der Waals surface area contributed by atoms with Gasteiger partial charge in [-0.25, -0.2) is 4.98 Å². The third-order valence-electron chi connectivity index (χ3n) is 7.47. The molecule has 3 fully saturated rings. The SMILES string of the molecule is Cc1nn(C)c2c(N3CCC(C(=O)N4CCN(CC(=O)N5CCOCC5)CC4)CC3)nccc12. The zero-order valence-corrected chi connectivity index (χ0v) is 20.3. The lowest BCUT2D eigenvalue weighted by Crippen LogP contribution is -2.54. The van der Waals surface area contributed by atoms with Crippen LogP contribution in [0.15, 0.2) is 12.3 Å². The highest BCUT2D eigenvalue weighted by Crippen LogP contribution is 2.30. The highest BCUT2D eigenvalue weighted by atomic mass is 16.5. The van der Waals surface area contributed by atoms with E-state index < -0.39 is 0 Å². The third kappa shape index (κ3) is 4.61. The average molecular weight is 470 g/mol. The molecule has 0 saturated carbocycles. The second kappa shape index (κ2) is 9.87. The fraction of sp³-hybridized carbons (Fsp3) is 0.667. The number of aromatic nitrogens is 3. The molecule has 3 aliphatic rings. The minimum atomic E-state index is 0.0604. The van der Waals surface area contributed by atoms with E-state index in [1.807, 2.05) is 40.7 Å². The minimum Gasteiger partial charge on any atom is -0.378 e. The van der Waals surface area contributed by atoms with Gasteiger partial charge in [0.2, 0.25) is 11.8 Å². The lowest BCUT2D eigenvalue weighted by Gasteiger charge is -2.39. The van der Waals surface area contributed by atoms with Gasteiger partial charge >= 0.3 is 0 Å². The van der Waals surface area contributed by atoms with Crippen molar-refractivity contribution in [1.29, 1.82) is 0 Å². The molecule has 34 heavy (non-hydrogen) atoms. The van der Waals surface area contributed by atoms with Crippen LogP contribution < -0.4 is 4.90 Å². The van der Waals surface area contributed by atoms with Crippen LogP contribution >= 0.6 is 0 Å². The van der Waals surface area contributed by atoms with Crippen LogP contribution in [0.1, 0.15) is 18.5 Å². The van der Waals surface area contributed by atoms with Gasteiger partial charge in [0.15, 0.2) is 5.82 Å². The van der Waals surface area contributed by atoms with E-state index in [2.05, 4.69) is 19.9 Å². The van der Waals surface area contributed by atoms with E-state index in [0.29, 0.717) is 45.9 Å². The first-order valence-electron chi connectivity index (χ1n) is 12.4. The lowest BCUT2D eigenvalue weighted by atomic mass is 9.94. The lowest BCUT2D eigenvalue weighted by molar-refractivity contribution is -0.139. The number of morpholine rings is 1. The molecule has 0 aromatic carbocycles. The summed E-state index contributed by atoms with van der Waals surface area (Å²) in [5.41, 5.74) is 2.07. The highest BCUT2D eigenvalue weighted by molar-refractivity contribution is 5.91. The quantitative estimate of drug-likeness (QED) is 0.644.